The van der Waals surface area contributed by atoms with Gasteiger partial charge in [0.05, 0.1) is 6.61 Å². The van der Waals surface area contributed by atoms with E-state index < -0.39 is 6.10 Å². The van der Waals surface area contributed by atoms with Crippen LogP contribution in [0.3, 0.4) is 0 Å². The van der Waals surface area contributed by atoms with Gasteiger partial charge in [-0.25, -0.2) is 0 Å². The zero-order valence-corrected chi connectivity index (χ0v) is 44.1. The Balaban J connectivity index is 3.50. The quantitative estimate of drug-likeness (QED) is 0.0374. The predicted octanol–water partition coefficient (Wildman–Crippen LogP) is 19.1. The summed E-state index contributed by atoms with van der Waals surface area (Å²) in [5, 5.41) is 9.61. The summed E-state index contributed by atoms with van der Waals surface area (Å²) in [7, 11) is 0. The third-order valence-corrected chi connectivity index (χ3v) is 11.7. The van der Waals surface area contributed by atoms with Crippen LogP contribution in [-0.4, -0.2) is 36.4 Å². The standard InChI is InChI=1S/C63H104O5/c1-3-5-7-9-11-13-15-17-18-19-20-21-22-23-24-25-26-27-28-29-30-31-32-33-34-35-36-37-38-39-40-41-42-43-44-46-48-50-52-54-56-58-63(66)68-61(59-64)60-67-62(65)57-55-53-51-49-47-45-16-14-12-10-8-6-4-2/h5,7-8,10-11,13-14,16-18,20-21,23-24,26-27,29-30,32-33,61,64H,3-4,6,9,12,15,19,22,25,28,31,34-60H2,1-2H3/b7-5-,10-8-,13-11-,16-14-,18-17-,21-20-,24-23-,27-26-,30-29-,33-32-. The van der Waals surface area contributed by atoms with Crippen molar-refractivity contribution in [2.75, 3.05) is 13.2 Å². The van der Waals surface area contributed by atoms with Crippen LogP contribution >= 0.6 is 0 Å². The molecule has 1 atom stereocenters. The van der Waals surface area contributed by atoms with Crippen molar-refractivity contribution in [3.05, 3.63) is 122 Å². The number of esters is 2. The van der Waals surface area contributed by atoms with E-state index in [0.717, 1.165) is 109 Å². The number of hydrogen-bond donors (Lipinski definition) is 1. The lowest BCUT2D eigenvalue weighted by atomic mass is 10.0. The molecule has 0 aliphatic carbocycles. The molecule has 0 aliphatic rings. The van der Waals surface area contributed by atoms with E-state index >= 15 is 0 Å². The lowest BCUT2D eigenvalue weighted by molar-refractivity contribution is -0.161. The minimum atomic E-state index is -0.782. The van der Waals surface area contributed by atoms with E-state index in [4.69, 9.17) is 9.47 Å². The van der Waals surface area contributed by atoms with Gasteiger partial charge in [-0.05, 0) is 103 Å². The van der Waals surface area contributed by atoms with Gasteiger partial charge in [0.15, 0.2) is 6.10 Å². The molecule has 0 saturated carbocycles. The molecule has 386 valence electrons. The normalized spacial score (nSPS) is 13.2. The first kappa shape index (κ1) is 64.3. The third kappa shape index (κ3) is 54.9. The van der Waals surface area contributed by atoms with E-state index in [1.54, 1.807) is 0 Å². The summed E-state index contributed by atoms with van der Waals surface area (Å²) in [6.07, 6.45) is 84.7. The molecule has 1 unspecified atom stereocenters. The SMILES string of the molecule is CC/C=C\C/C=C\C/C=C\C/C=C\C/C=C\C/C=C\C/C=C\C/C=C\CCCCCCCCCCCCCCCCCCC(=O)OC(CO)COC(=O)CCCCCCC/C=C\C/C=C\CCC. The van der Waals surface area contributed by atoms with Crippen molar-refractivity contribution in [3.8, 4) is 0 Å². The summed E-state index contributed by atoms with van der Waals surface area (Å²) < 4.78 is 10.7. The molecule has 0 bridgehead atoms. The summed E-state index contributed by atoms with van der Waals surface area (Å²) in [4.78, 5) is 24.4. The van der Waals surface area contributed by atoms with Gasteiger partial charge in [0.25, 0.3) is 0 Å². The highest BCUT2D eigenvalue weighted by atomic mass is 16.6. The van der Waals surface area contributed by atoms with Crippen molar-refractivity contribution in [3.63, 3.8) is 0 Å². The van der Waals surface area contributed by atoms with Gasteiger partial charge < -0.3 is 14.6 Å². The molecule has 0 aliphatic heterocycles. The monoisotopic (exact) mass is 941 g/mol. The second-order valence-corrected chi connectivity index (χ2v) is 18.3. The Morgan fingerprint density at radius 2 is 0.632 bits per heavy atom. The first-order chi connectivity index (χ1) is 33.6. The highest BCUT2D eigenvalue weighted by Crippen LogP contribution is 2.15. The fourth-order valence-electron chi connectivity index (χ4n) is 7.55. The maximum Gasteiger partial charge on any atom is 0.306 e. The number of carbonyl (C=O) groups is 2. The van der Waals surface area contributed by atoms with Crippen molar-refractivity contribution < 1.29 is 24.2 Å². The smallest absolute Gasteiger partial charge is 0.306 e. The number of unbranched alkanes of at least 4 members (excludes halogenated alkanes) is 22. The van der Waals surface area contributed by atoms with Crippen molar-refractivity contribution in [1.29, 1.82) is 0 Å². The maximum atomic E-state index is 12.3. The van der Waals surface area contributed by atoms with Crippen LogP contribution in [0.2, 0.25) is 0 Å². The van der Waals surface area contributed by atoms with Crippen LogP contribution in [0.5, 0.6) is 0 Å². The molecule has 0 fully saturated rings. The van der Waals surface area contributed by atoms with Gasteiger partial charge in [-0.3, -0.25) is 9.59 Å². The minimum absolute atomic E-state index is 0.0765. The molecule has 0 aromatic rings. The summed E-state index contributed by atoms with van der Waals surface area (Å²) in [5.41, 5.74) is 0. The lowest BCUT2D eigenvalue weighted by Crippen LogP contribution is -2.28. The second kappa shape index (κ2) is 57.6. The molecular formula is C63H104O5. The Morgan fingerprint density at radius 3 is 0.956 bits per heavy atom. The average Bonchev–Trinajstić information content (AvgIpc) is 3.34. The van der Waals surface area contributed by atoms with Gasteiger partial charge in [-0.15, -0.1) is 0 Å². The molecule has 0 radical (unpaired) electrons. The van der Waals surface area contributed by atoms with E-state index in [9.17, 15) is 14.7 Å². The van der Waals surface area contributed by atoms with Gasteiger partial charge in [0, 0.05) is 12.8 Å². The lowest BCUT2D eigenvalue weighted by Gasteiger charge is -2.15. The van der Waals surface area contributed by atoms with Gasteiger partial charge >= 0.3 is 11.9 Å². The summed E-state index contributed by atoms with van der Waals surface area (Å²) in [5.74, 6) is -0.609. The van der Waals surface area contributed by atoms with E-state index in [0.29, 0.717) is 12.8 Å². The number of allylic oxidation sites excluding steroid dienone is 20. The van der Waals surface area contributed by atoms with Crippen LogP contribution in [-0.2, 0) is 19.1 Å². The number of rotatable bonds is 50. The van der Waals surface area contributed by atoms with Crippen molar-refractivity contribution in [1.82, 2.24) is 0 Å². The molecule has 68 heavy (non-hydrogen) atoms. The Bertz CT molecular complexity index is 1390. The van der Waals surface area contributed by atoms with Gasteiger partial charge in [-0.2, -0.15) is 0 Å². The molecule has 5 nitrogen and oxygen atoms in total. The van der Waals surface area contributed by atoms with Crippen molar-refractivity contribution in [2.45, 2.75) is 251 Å². The Morgan fingerprint density at radius 1 is 0.353 bits per heavy atom. The van der Waals surface area contributed by atoms with E-state index in [1.165, 1.54) is 109 Å². The van der Waals surface area contributed by atoms with Crippen LogP contribution < -0.4 is 0 Å². The van der Waals surface area contributed by atoms with Crippen molar-refractivity contribution >= 4 is 11.9 Å². The van der Waals surface area contributed by atoms with Gasteiger partial charge in [0.2, 0.25) is 0 Å². The molecule has 0 amide bonds. The summed E-state index contributed by atoms with van der Waals surface area (Å²) >= 11 is 0. The number of ether oxygens (including phenoxy) is 2. The zero-order valence-electron chi connectivity index (χ0n) is 44.1. The largest absolute Gasteiger partial charge is 0.462 e. The molecule has 0 heterocycles. The first-order valence-corrected chi connectivity index (χ1v) is 28.1. The Labute approximate surface area is 420 Å². The van der Waals surface area contributed by atoms with E-state index in [1.807, 2.05) is 0 Å². The van der Waals surface area contributed by atoms with Crippen molar-refractivity contribution in [2.24, 2.45) is 0 Å². The molecule has 0 spiro atoms. The Hall–Kier alpha value is -3.70. The number of hydrogen-bond acceptors (Lipinski definition) is 5. The van der Waals surface area contributed by atoms with Gasteiger partial charge in [0.1, 0.15) is 6.61 Å². The summed E-state index contributed by atoms with van der Waals surface area (Å²) in [6, 6.07) is 0. The molecule has 5 heteroatoms. The molecule has 1 N–H and O–H groups in total. The molecular weight excluding hydrogens is 837 g/mol. The first-order valence-electron chi connectivity index (χ1n) is 28.1. The highest BCUT2D eigenvalue weighted by molar-refractivity contribution is 5.70. The van der Waals surface area contributed by atoms with Gasteiger partial charge in [-0.1, -0.05) is 251 Å². The van der Waals surface area contributed by atoms with Crippen LogP contribution in [0, 0.1) is 0 Å². The zero-order chi connectivity index (χ0) is 49.2. The molecule has 0 rings (SSSR count). The summed E-state index contributed by atoms with van der Waals surface area (Å²) in [6.45, 7) is 3.95. The molecule has 0 aromatic carbocycles. The van der Waals surface area contributed by atoms with Crippen LogP contribution in [0.1, 0.15) is 245 Å². The number of aliphatic hydroxyl groups excluding tert-OH is 1. The van der Waals surface area contributed by atoms with Crippen LogP contribution in [0.15, 0.2) is 122 Å². The minimum Gasteiger partial charge on any atom is -0.462 e. The molecule has 0 aromatic heterocycles. The van der Waals surface area contributed by atoms with Crippen LogP contribution in [0.25, 0.3) is 0 Å². The second-order valence-electron chi connectivity index (χ2n) is 18.3. The predicted molar refractivity (Wildman–Crippen MR) is 297 cm³/mol. The highest BCUT2D eigenvalue weighted by Gasteiger charge is 2.16. The van der Waals surface area contributed by atoms with E-state index in [-0.39, 0.29) is 25.2 Å². The fraction of sp³-hybridized carbons (Fsp3) is 0.651. The van der Waals surface area contributed by atoms with Crippen LogP contribution in [0.4, 0.5) is 0 Å². The average molecular weight is 942 g/mol. The topological polar surface area (TPSA) is 72.8 Å². The number of carbonyl (C=O) groups excluding carboxylic acids is 2. The maximum absolute atomic E-state index is 12.3. The van der Waals surface area contributed by atoms with E-state index in [2.05, 4.69) is 135 Å². The fourth-order valence-corrected chi connectivity index (χ4v) is 7.55. The Kier molecular flexibility index (Phi) is 54.5. The number of aliphatic hydroxyl groups is 1. The molecule has 0 saturated heterocycles. The third-order valence-electron chi connectivity index (χ3n) is 11.7.